The Bertz CT molecular complexity index is 911. The molecule has 1 N–H and O–H groups in total. The van der Waals surface area contributed by atoms with E-state index in [1.165, 1.54) is 4.31 Å². The third kappa shape index (κ3) is 6.20. The zero-order chi connectivity index (χ0) is 20.7. The summed E-state index contributed by atoms with van der Waals surface area (Å²) in [4.78, 5) is 14.1. The highest BCUT2D eigenvalue weighted by molar-refractivity contribution is 7.89. The fourth-order valence-corrected chi connectivity index (χ4v) is 4.55. The van der Waals surface area contributed by atoms with Crippen LogP contribution in [0.15, 0.2) is 54.6 Å². The van der Waals surface area contributed by atoms with Crippen LogP contribution < -0.4 is 15.0 Å². The first-order valence-electron chi connectivity index (χ1n) is 9.68. The van der Waals surface area contributed by atoms with Gasteiger partial charge < -0.3 is 15.0 Å². The molecule has 29 heavy (non-hydrogen) atoms. The molecule has 156 valence electrons. The van der Waals surface area contributed by atoms with Gasteiger partial charge in [-0.15, -0.1) is 0 Å². The Morgan fingerprint density at radius 1 is 1.03 bits per heavy atom. The number of piperazine rings is 1. The first kappa shape index (κ1) is 21.1. The number of carbonyl (C=O) groups is 1. The summed E-state index contributed by atoms with van der Waals surface area (Å²) in [5.41, 5.74) is 2.15. The van der Waals surface area contributed by atoms with Crippen LogP contribution in [0.4, 0.5) is 5.69 Å². The van der Waals surface area contributed by atoms with Crippen molar-refractivity contribution in [2.24, 2.45) is 0 Å². The highest BCUT2D eigenvalue weighted by Gasteiger charge is 2.26. The van der Waals surface area contributed by atoms with E-state index in [0.29, 0.717) is 31.9 Å². The number of carbonyl (C=O) groups excluding carboxylic acids is 1. The van der Waals surface area contributed by atoms with E-state index in [4.69, 9.17) is 4.74 Å². The maximum atomic E-state index is 12.6. The van der Waals surface area contributed by atoms with Gasteiger partial charge in [0.05, 0.1) is 5.75 Å². The van der Waals surface area contributed by atoms with Crippen molar-refractivity contribution in [1.29, 1.82) is 0 Å². The predicted octanol–water partition coefficient (Wildman–Crippen LogP) is 1.64. The van der Waals surface area contributed by atoms with Crippen molar-refractivity contribution in [3.05, 3.63) is 60.2 Å². The molecule has 0 atom stereocenters. The molecule has 1 saturated heterocycles. The second-order valence-corrected chi connectivity index (χ2v) is 9.08. The Labute approximate surface area is 172 Å². The van der Waals surface area contributed by atoms with E-state index in [9.17, 15) is 13.2 Å². The van der Waals surface area contributed by atoms with Crippen molar-refractivity contribution in [2.75, 3.05) is 50.0 Å². The van der Waals surface area contributed by atoms with Gasteiger partial charge in [0.15, 0.2) is 6.61 Å². The molecule has 1 aliphatic rings. The summed E-state index contributed by atoms with van der Waals surface area (Å²) in [7, 11) is -3.41. The number of sulfonamides is 1. The lowest BCUT2D eigenvalue weighted by Crippen LogP contribution is -2.50. The molecule has 8 heteroatoms. The van der Waals surface area contributed by atoms with E-state index in [1.807, 2.05) is 55.5 Å². The lowest BCUT2D eigenvalue weighted by atomic mass is 10.2. The van der Waals surface area contributed by atoms with Gasteiger partial charge in [0.1, 0.15) is 5.75 Å². The molecule has 0 spiro atoms. The number of nitrogens with zero attached hydrogens (tertiary/aromatic N) is 2. The average Bonchev–Trinajstić information content (AvgIpc) is 2.73. The van der Waals surface area contributed by atoms with Gasteiger partial charge >= 0.3 is 0 Å². The molecule has 1 heterocycles. The highest BCUT2D eigenvalue weighted by Crippen LogP contribution is 2.17. The smallest absolute Gasteiger partial charge is 0.257 e. The maximum absolute atomic E-state index is 12.6. The summed E-state index contributed by atoms with van der Waals surface area (Å²) in [5, 5.41) is 2.62. The Balaban J connectivity index is 1.39. The van der Waals surface area contributed by atoms with Gasteiger partial charge in [-0.3, -0.25) is 4.79 Å². The molecule has 0 unspecified atom stereocenters. The van der Waals surface area contributed by atoms with Crippen molar-refractivity contribution < 1.29 is 17.9 Å². The van der Waals surface area contributed by atoms with Gasteiger partial charge in [-0.1, -0.05) is 30.3 Å². The van der Waals surface area contributed by atoms with Crippen LogP contribution in [-0.2, 0) is 14.8 Å². The second kappa shape index (κ2) is 9.76. The summed E-state index contributed by atoms with van der Waals surface area (Å²) >= 11 is 0. The van der Waals surface area contributed by atoms with Gasteiger partial charge in [0, 0.05) is 38.4 Å². The summed E-state index contributed by atoms with van der Waals surface area (Å²) in [5.74, 6) is 0.161. The second-order valence-electron chi connectivity index (χ2n) is 6.99. The van der Waals surface area contributed by atoms with Gasteiger partial charge in [-0.25, -0.2) is 8.42 Å². The van der Waals surface area contributed by atoms with Crippen LogP contribution in [0.1, 0.15) is 5.56 Å². The Morgan fingerprint density at radius 2 is 1.76 bits per heavy atom. The topological polar surface area (TPSA) is 78.9 Å². The molecule has 3 rings (SSSR count). The number of para-hydroxylation sites is 1. The quantitative estimate of drug-likeness (QED) is 0.707. The molecule has 1 aliphatic heterocycles. The van der Waals surface area contributed by atoms with E-state index >= 15 is 0 Å². The molecule has 1 amide bonds. The first-order valence-corrected chi connectivity index (χ1v) is 11.3. The molecule has 0 aliphatic carbocycles. The molecular weight excluding hydrogens is 390 g/mol. The Kier molecular flexibility index (Phi) is 7.11. The van der Waals surface area contributed by atoms with E-state index in [2.05, 4.69) is 10.2 Å². The van der Waals surface area contributed by atoms with Crippen LogP contribution in [0.5, 0.6) is 5.75 Å². The van der Waals surface area contributed by atoms with Crippen molar-refractivity contribution in [2.45, 2.75) is 6.92 Å². The number of aryl methyl sites for hydroxylation is 1. The van der Waals surface area contributed by atoms with Crippen molar-refractivity contribution >= 4 is 21.6 Å². The van der Waals surface area contributed by atoms with Crippen LogP contribution in [-0.4, -0.2) is 63.7 Å². The number of anilines is 1. The molecular formula is C21H27N3O4S. The number of hydrogen-bond donors (Lipinski definition) is 1. The predicted molar refractivity (Wildman–Crippen MR) is 114 cm³/mol. The minimum atomic E-state index is -3.41. The van der Waals surface area contributed by atoms with Gasteiger partial charge in [0.2, 0.25) is 10.0 Å². The summed E-state index contributed by atoms with van der Waals surface area (Å²) < 4.78 is 32.0. The van der Waals surface area contributed by atoms with Crippen molar-refractivity contribution in [3.8, 4) is 5.75 Å². The minimum absolute atomic E-state index is 0.0667. The summed E-state index contributed by atoms with van der Waals surface area (Å²) in [6, 6.07) is 17.4. The average molecular weight is 418 g/mol. The van der Waals surface area contributed by atoms with Gasteiger partial charge in [0.25, 0.3) is 5.91 Å². The van der Waals surface area contributed by atoms with Crippen LogP contribution in [0.3, 0.4) is 0 Å². The van der Waals surface area contributed by atoms with Crippen LogP contribution in [0.2, 0.25) is 0 Å². The molecule has 0 aromatic heterocycles. The summed E-state index contributed by atoms with van der Waals surface area (Å²) in [6.45, 7) is 4.07. The Morgan fingerprint density at radius 3 is 2.45 bits per heavy atom. The standard InChI is InChI=1S/C21H27N3O4S/c1-18-6-5-9-20(16-18)28-17-21(25)22-10-15-29(26,27)24-13-11-23(12-14-24)19-7-3-2-4-8-19/h2-9,16H,10-15,17H2,1H3,(H,22,25). The Hall–Kier alpha value is -2.58. The lowest BCUT2D eigenvalue weighted by Gasteiger charge is -2.35. The first-order chi connectivity index (χ1) is 13.9. The molecule has 2 aromatic rings. The van der Waals surface area contributed by atoms with E-state index in [0.717, 1.165) is 11.3 Å². The van der Waals surface area contributed by atoms with Crippen LogP contribution in [0.25, 0.3) is 0 Å². The number of rotatable bonds is 8. The maximum Gasteiger partial charge on any atom is 0.257 e. The normalized spacial score (nSPS) is 15.1. The summed E-state index contributed by atoms with van der Waals surface area (Å²) in [6.07, 6.45) is 0. The van der Waals surface area contributed by atoms with Gasteiger partial charge in [-0.2, -0.15) is 4.31 Å². The lowest BCUT2D eigenvalue weighted by molar-refractivity contribution is -0.122. The molecule has 0 radical (unpaired) electrons. The van der Waals surface area contributed by atoms with Crippen molar-refractivity contribution in [1.82, 2.24) is 9.62 Å². The SMILES string of the molecule is Cc1cccc(OCC(=O)NCCS(=O)(=O)N2CCN(c3ccccc3)CC2)c1. The fraction of sp³-hybridized carbons (Fsp3) is 0.381. The zero-order valence-electron chi connectivity index (χ0n) is 16.6. The molecule has 0 bridgehead atoms. The van der Waals surface area contributed by atoms with E-state index in [1.54, 1.807) is 6.07 Å². The molecule has 2 aromatic carbocycles. The van der Waals surface area contributed by atoms with Crippen LogP contribution >= 0.6 is 0 Å². The van der Waals surface area contributed by atoms with E-state index in [-0.39, 0.29) is 24.8 Å². The fourth-order valence-electron chi connectivity index (χ4n) is 3.22. The number of ether oxygens (including phenoxy) is 1. The van der Waals surface area contributed by atoms with Crippen molar-refractivity contribution in [3.63, 3.8) is 0 Å². The minimum Gasteiger partial charge on any atom is -0.484 e. The monoisotopic (exact) mass is 417 g/mol. The van der Waals surface area contributed by atoms with E-state index < -0.39 is 10.0 Å². The number of hydrogen-bond acceptors (Lipinski definition) is 5. The number of benzene rings is 2. The molecule has 7 nitrogen and oxygen atoms in total. The zero-order valence-corrected chi connectivity index (χ0v) is 17.4. The van der Waals surface area contributed by atoms with Crippen LogP contribution in [0, 0.1) is 6.92 Å². The van der Waals surface area contributed by atoms with Gasteiger partial charge in [-0.05, 0) is 36.8 Å². The largest absolute Gasteiger partial charge is 0.484 e. The number of amides is 1. The molecule has 1 fully saturated rings. The highest BCUT2D eigenvalue weighted by atomic mass is 32.2. The molecule has 0 saturated carbocycles. The third-order valence-corrected chi connectivity index (χ3v) is 6.67. The third-order valence-electron chi connectivity index (χ3n) is 4.80. The number of nitrogens with one attached hydrogen (secondary N) is 1.